The lowest BCUT2D eigenvalue weighted by atomic mass is 9.77. The molecule has 1 N–H and O–H groups in total. The third-order valence-corrected chi connectivity index (χ3v) is 6.89. The van der Waals surface area contributed by atoms with Crippen molar-refractivity contribution < 1.29 is 0 Å². The monoisotopic (exact) mass is 291 g/mol. The summed E-state index contributed by atoms with van der Waals surface area (Å²) in [6.07, 6.45) is 12.6. The van der Waals surface area contributed by atoms with E-state index in [-0.39, 0.29) is 0 Å². The average molecular weight is 292 g/mol. The number of thiophene rings is 1. The van der Waals surface area contributed by atoms with Gasteiger partial charge in [0.1, 0.15) is 0 Å². The minimum absolute atomic E-state index is 0.614. The maximum absolute atomic E-state index is 3.64. The van der Waals surface area contributed by atoms with Crippen LogP contribution in [0.1, 0.15) is 73.2 Å². The SMILES string of the molecule is CCC1CCC(C(NC)c2cc3c(s2)CCCC3)CC1. The van der Waals surface area contributed by atoms with Gasteiger partial charge in [-0.2, -0.15) is 0 Å². The molecule has 1 nitrogen and oxygen atoms in total. The molecule has 0 aromatic carbocycles. The molecule has 1 atom stereocenters. The Morgan fingerprint density at radius 1 is 1.20 bits per heavy atom. The lowest BCUT2D eigenvalue weighted by molar-refractivity contribution is 0.226. The van der Waals surface area contributed by atoms with Crippen molar-refractivity contribution in [1.82, 2.24) is 5.32 Å². The Bertz CT molecular complexity index is 405. The number of hydrogen-bond acceptors (Lipinski definition) is 2. The van der Waals surface area contributed by atoms with Crippen LogP contribution in [0.4, 0.5) is 0 Å². The predicted molar refractivity (Wildman–Crippen MR) is 88.5 cm³/mol. The molecule has 2 aliphatic rings. The van der Waals surface area contributed by atoms with Crippen LogP contribution in [-0.4, -0.2) is 7.05 Å². The molecule has 20 heavy (non-hydrogen) atoms. The Morgan fingerprint density at radius 2 is 1.95 bits per heavy atom. The van der Waals surface area contributed by atoms with Crippen molar-refractivity contribution in [2.24, 2.45) is 11.8 Å². The van der Waals surface area contributed by atoms with E-state index in [2.05, 4.69) is 36.7 Å². The summed E-state index contributed by atoms with van der Waals surface area (Å²) in [5.74, 6) is 1.86. The lowest BCUT2D eigenvalue weighted by Crippen LogP contribution is -2.28. The molecule has 1 saturated carbocycles. The van der Waals surface area contributed by atoms with Crippen molar-refractivity contribution in [1.29, 1.82) is 0 Å². The summed E-state index contributed by atoms with van der Waals surface area (Å²) < 4.78 is 0. The van der Waals surface area contributed by atoms with E-state index >= 15 is 0 Å². The van der Waals surface area contributed by atoms with Gasteiger partial charge < -0.3 is 5.32 Å². The van der Waals surface area contributed by atoms with Crippen LogP contribution >= 0.6 is 11.3 Å². The largest absolute Gasteiger partial charge is 0.312 e. The van der Waals surface area contributed by atoms with Gasteiger partial charge in [0.25, 0.3) is 0 Å². The summed E-state index contributed by atoms with van der Waals surface area (Å²) in [5.41, 5.74) is 1.67. The van der Waals surface area contributed by atoms with Crippen molar-refractivity contribution in [3.8, 4) is 0 Å². The van der Waals surface area contributed by atoms with Crippen molar-refractivity contribution in [3.63, 3.8) is 0 Å². The molecular formula is C18H29NS. The van der Waals surface area contributed by atoms with Crippen LogP contribution in [0.3, 0.4) is 0 Å². The van der Waals surface area contributed by atoms with Crippen molar-refractivity contribution in [2.75, 3.05) is 7.05 Å². The minimum atomic E-state index is 0.614. The number of fused-ring (bicyclic) bond motifs is 1. The Morgan fingerprint density at radius 3 is 2.60 bits per heavy atom. The van der Waals surface area contributed by atoms with Gasteiger partial charge >= 0.3 is 0 Å². The second-order valence-electron chi connectivity index (χ2n) is 6.76. The summed E-state index contributed by atoms with van der Waals surface area (Å²) in [4.78, 5) is 3.31. The second kappa shape index (κ2) is 6.62. The summed E-state index contributed by atoms with van der Waals surface area (Å²) in [6, 6.07) is 3.15. The van der Waals surface area contributed by atoms with Crippen molar-refractivity contribution in [2.45, 2.75) is 70.8 Å². The minimum Gasteiger partial charge on any atom is -0.312 e. The molecule has 1 fully saturated rings. The zero-order chi connectivity index (χ0) is 13.9. The van der Waals surface area contributed by atoms with E-state index in [1.54, 1.807) is 15.3 Å². The van der Waals surface area contributed by atoms with E-state index in [4.69, 9.17) is 0 Å². The van der Waals surface area contributed by atoms with Crippen molar-refractivity contribution in [3.05, 3.63) is 21.4 Å². The number of aryl methyl sites for hydroxylation is 2. The fourth-order valence-electron chi connectivity index (χ4n) is 4.21. The van der Waals surface area contributed by atoms with Gasteiger partial charge in [0.05, 0.1) is 0 Å². The van der Waals surface area contributed by atoms with Crippen LogP contribution in [0.25, 0.3) is 0 Å². The molecule has 1 unspecified atom stereocenters. The maximum Gasteiger partial charge on any atom is 0.0441 e. The van der Waals surface area contributed by atoms with E-state index in [1.807, 2.05) is 0 Å². The van der Waals surface area contributed by atoms with Gasteiger partial charge in [-0.25, -0.2) is 0 Å². The van der Waals surface area contributed by atoms with E-state index in [9.17, 15) is 0 Å². The molecule has 2 heteroatoms. The highest BCUT2D eigenvalue weighted by molar-refractivity contribution is 7.12. The molecule has 3 rings (SSSR count). The third kappa shape index (κ3) is 2.96. The standard InChI is InChI=1S/C18H29NS/c1-3-13-8-10-14(11-9-13)18(19-2)17-12-15-6-4-5-7-16(15)20-17/h12-14,18-19H,3-11H2,1-2H3. The highest BCUT2D eigenvalue weighted by atomic mass is 32.1. The first-order chi connectivity index (χ1) is 9.81. The Labute approximate surface area is 128 Å². The summed E-state index contributed by atoms with van der Waals surface area (Å²) >= 11 is 2.11. The summed E-state index contributed by atoms with van der Waals surface area (Å²) in [6.45, 7) is 2.36. The highest BCUT2D eigenvalue weighted by Gasteiger charge is 2.29. The average Bonchev–Trinajstić information content (AvgIpc) is 2.92. The van der Waals surface area contributed by atoms with Gasteiger partial charge in [-0.05, 0) is 69.0 Å². The molecule has 2 aliphatic carbocycles. The quantitative estimate of drug-likeness (QED) is 0.813. The third-order valence-electron chi connectivity index (χ3n) is 5.57. The molecule has 112 valence electrons. The van der Waals surface area contributed by atoms with Gasteiger partial charge in [0, 0.05) is 15.8 Å². The summed E-state index contributed by atoms with van der Waals surface area (Å²) in [5, 5.41) is 3.64. The van der Waals surface area contributed by atoms with Crippen LogP contribution < -0.4 is 5.32 Å². The molecular weight excluding hydrogens is 262 g/mol. The highest BCUT2D eigenvalue weighted by Crippen LogP contribution is 2.41. The number of hydrogen-bond donors (Lipinski definition) is 1. The first-order valence-corrected chi connectivity index (χ1v) is 9.42. The molecule has 1 aromatic rings. The fourth-order valence-corrected chi connectivity index (χ4v) is 5.67. The van der Waals surface area contributed by atoms with Gasteiger partial charge in [0.2, 0.25) is 0 Å². The van der Waals surface area contributed by atoms with E-state index in [1.165, 1.54) is 57.8 Å². The molecule has 0 saturated heterocycles. The van der Waals surface area contributed by atoms with Gasteiger partial charge in [-0.3, -0.25) is 0 Å². The number of rotatable bonds is 4. The molecule has 0 aliphatic heterocycles. The van der Waals surface area contributed by atoms with Crippen LogP contribution in [0.5, 0.6) is 0 Å². The normalized spacial score (nSPS) is 28.1. The van der Waals surface area contributed by atoms with E-state index in [0.717, 1.165) is 11.8 Å². The Hall–Kier alpha value is -0.340. The van der Waals surface area contributed by atoms with E-state index in [0.29, 0.717) is 6.04 Å². The van der Waals surface area contributed by atoms with Crippen molar-refractivity contribution >= 4 is 11.3 Å². The fraction of sp³-hybridized carbons (Fsp3) is 0.778. The Balaban J connectivity index is 1.71. The van der Waals surface area contributed by atoms with E-state index < -0.39 is 0 Å². The lowest BCUT2D eigenvalue weighted by Gasteiger charge is -2.33. The predicted octanol–water partition coefficient (Wildman–Crippen LogP) is 5.10. The first-order valence-electron chi connectivity index (χ1n) is 8.60. The topological polar surface area (TPSA) is 12.0 Å². The molecule has 0 bridgehead atoms. The van der Waals surface area contributed by atoms with Gasteiger partial charge in [0.15, 0.2) is 0 Å². The molecule has 1 heterocycles. The van der Waals surface area contributed by atoms with Gasteiger partial charge in [-0.1, -0.05) is 26.2 Å². The van der Waals surface area contributed by atoms with Crippen LogP contribution in [0.2, 0.25) is 0 Å². The zero-order valence-electron chi connectivity index (χ0n) is 13.1. The summed E-state index contributed by atoms with van der Waals surface area (Å²) in [7, 11) is 2.16. The molecule has 0 amide bonds. The van der Waals surface area contributed by atoms with Gasteiger partial charge in [-0.15, -0.1) is 11.3 Å². The Kier molecular flexibility index (Phi) is 4.83. The van der Waals surface area contributed by atoms with Crippen LogP contribution in [-0.2, 0) is 12.8 Å². The number of nitrogens with one attached hydrogen (secondary N) is 1. The molecule has 0 radical (unpaired) electrons. The van der Waals surface area contributed by atoms with Crippen LogP contribution in [0.15, 0.2) is 6.07 Å². The second-order valence-corrected chi connectivity index (χ2v) is 7.93. The maximum atomic E-state index is 3.64. The molecule has 0 spiro atoms. The first kappa shape index (κ1) is 14.6. The zero-order valence-corrected chi connectivity index (χ0v) is 13.9. The molecule has 1 aromatic heterocycles. The smallest absolute Gasteiger partial charge is 0.0441 e. The van der Waals surface area contributed by atoms with Crippen LogP contribution in [0, 0.1) is 11.8 Å².